The number of hydrogen-bond donors (Lipinski definition) is 0. The van der Waals surface area contributed by atoms with E-state index in [0.29, 0.717) is 6.61 Å². The van der Waals surface area contributed by atoms with Gasteiger partial charge in [-0.15, -0.1) is 0 Å². The highest BCUT2D eigenvalue weighted by Gasteiger charge is 2.27. The molecule has 1 unspecified atom stereocenters. The Hall–Kier alpha value is -1.58. The molecule has 98 valence electrons. The second-order valence-corrected chi connectivity index (χ2v) is 4.68. The highest BCUT2D eigenvalue weighted by molar-refractivity contribution is 5.73. The third-order valence-corrected chi connectivity index (χ3v) is 3.32. The Bertz CT molecular complexity index is 420. The first-order valence-corrected chi connectivity index (χ1v) is 6.55. The standard InChI is InChI=1S/C14H20N2O2/c1-3-18-14(17)12-7-5-9-16(10-12)13-11(2)6-4-8-15-13/h4,6,8,12H,3,5,7,9-10H2,1-2H3. The van der Waals surface area contributed by atoms with Crippen LogP contribution in [-0.2, 0) is 9.53 Å². The van der Waals surface area contributed by atoms with Crippen molar-refractivity contribution in [3.8, 4) is 0 Å². The largest absolute Gasteiger partial charge is 0.466 e. The molecule has 2 heterocycles. The molecule has 0 amide bonds. The van der Waals surface area contributed by atoms with Gasteiger partial charge in [0.05, 0.1) is 12.5 Å². The molecule has 1 aromatic rings. The molecule has 0 N–H and O–H groups in total. The molecule has 18 heavy (non-hydrogen) atoms. The third kappa shape index (κ3) is 2.81. The van der Waals surface area contributed by atoms with E-state index in [1.54, 1.807) is 6.20 Å². The van der Waals surface area contributed by atoms with Crippen LogP contribution in [0.1, 0.15) is 25.3 Å². The molecule has 1 atom stereocenters. The maximum Gasteiger partial charge on any atom is 0.310 e. The van der Waals surface area contributed by atoms with E-state index in [-0.39, 0.29) is 11.9 Å². The van der Waals surface area contributed by atoms with Crippen LogP contribution in [0.3, 0.4) is 0 Å². The van der Waals surface area contributed by atoms with E-state index in [1.807, 2.05) is 13.0 Å². The van der Waals surface area contributed by atoms with Crippen LogP contribution in [0.4, 0.5) is 5.82 Å². The lowest BCUT2D eigenvalue weighted by Gasteiger charge is -2.33. The molecular weight excluding hydrogens is 228 g/mol. The normalized spacial score (nSPS) is 19.7. The summed E-state index contributed by atoms with van der Waals surface area (Å²) in [7, 11) is 0. The first-order chi connectivity index (χ1) is 8.72. The van der Waals surface area contributed by atoms with Gasteiger partial charge in [-0.2, -0.15) is 0 Å². The lowest BCUT2D eigenvalue weighted by atomic mass is 9.98. The van der Waals surface area contributed by atoms with Gasteiger partial charge in [0.25, 0.3) is 0 Å². The van der Waals surface area contributed by atoms with Crippen molar-refractivity contribution in [2.75, 3.05) is 24.6 Å². The number of esters is 1. The van der Waals surface area contributed by atoms with Gasteiger partial charge in [0, 0.05) is 19.3 Å². The summed E-state index contributed by atoms with van der Waals surface area (Å²) in [5.74, 6) is 0.905. The van der Waals surface area contributed by atoms with E-state index in [2.05, 4.69) is 22.9 Å². The molecule has 4 heteroatoms. The van der Waals surface area contributed by atoms with Gasteiger partial charge in [0.1, 0.15) is 5.82 Å². The molecule has 0 aromatic carbocycles. The number of ether oxygens (including phenoxy) is 1. The Morgan fingerprint density at radius 2 is 2.44 bits per heavy atom. The molecule has 1 saturated heterocycles. The summed E-state index contributed by atoms with van der Waals surface area (Å²) in [4.78, 5) is 18.4. The number of hydrogen-bond acceptors (Lipinski definition) is 4. The number of piperidine rings is 1. The Balaban J connectivity index is 2.07. The van der Waals surface area contributed by atoms with Crippen molar-refractivity contribution in [2.24, 2.45) is 5.92 Å². The summed E-state index contributed by atoms with van der Waals surface area (Å²) >= 11 is 0. The van der Waals surface area contributed by atoms with Crippen LogP contribution in [0.2, 0.25) is 0 Å². The van der Waals surface area contributed by atoms with Crippen LogP contribution in [-0.4, -0.2) is 30.6 Å². The number of pyridine rings is 1. The molecule has 4 nitrogen and oxygen atoms in total. The van der Waals surface area contributed by atoms with Crippen molar-refractivity contribution in [1.82, 2.24) is 4.98 Å². The first-order valence-electron chi connectivity index (χ1n) is 6.55. The van der Waals surface area contributed by atoms with Gasteiger partial charge < -0.3 is 9.64 Å². The maximum atomic E-state index is 11.8. The second kappa shape index (κ2) is 5.85. The molecule has 0 aliphatic carbocycles. The summed E-state index contributed by atoms with van der Waals surface area (Å²) in [6, 6.07) is 3.99. The van der Waals surface area contributed by atoms with Gasteiger partial charge >= 0.3 is 5.97 Å². The molecule has 0 bridgehead atoms. The fourth-order valence-electron chi connectivity index (χ4n) is 2.43. The highest BCUT2D eigenvalue weighted by Crippen LogP contribution is 2.24. The Kier molecular flexibility index (Phi) is 4.18. The minimum atomic E-state index is -0.0733. The van der Waals surface area contributed by atoms with Gasteiger partial charge in [-0.1, -0.05) is 6.07 Å². The van der Waals surface area contributed by atoms with Gasteiger partial charge in [-0.3, -0.25) is 4.79 Å². The molecule has 1 aromatic heterocycles. The van der Waals surface area contributed by atoms with Crippen LogP contribution in [0.25, 0.3) is 0 Å². The molecule has 2 rings (SSSR count). The average Bonchev–Trinajstić information content (AvgIpc) is 2.40. The zero-order valence-corrected chi connectivity index (χ0v) is 11.1. The van der Waals surface area contributed by atoms with E-state index >= 15 is 0 Å². The van der Waals surface area contributed by atoms with E-state index < -0.39 is 0 Å². The highest BCUT2D eigenvalue weighted by atomic mass is 16.5. The maximum absolute atomic E-state index is 11.8. The van der Waals surface area contributed by atoms with Crippen molar-refractivity contribution in [3.63, 3.8) is 0 Å². The van der Waals surface area contributed by atoms with E-state index in [9.17, 15) is 4.79 Å². The van der Waals surface area contributed by atoms with Gasteiger partial charge in [0.15, 0.2) is 0 Å². The quantitative estimate of drug-likeness (QED) is 0.769. The van der Waals surface area contributed by atoms with Crippen molar-refractivity contribution >= 4 is 11.8 Å². The number of rotatable bonds is 3. The fourth-order valence-corrected chi connectivity index (χ4v) is 2.43. The molecule has 1 aliphatic heterocycles. The summed E-state index contributed by atoms with van der Waals surface area (Å²) in [6.45, 7) is 6.04. The summed E-state index contributed by atoms with van der Waals surface area (Å²) < 4.78 is 5.11. The van der Waals surface area contributed by atoms with Crippen molar-refractivity contribution < 1.29 is 9.53 Å². The van der Waals surface area contributed by atoms with Crippen molar-refractivity contribution in [2.45, 2.75) is 26.7 Å². The molecule has 1 aliphatic rings. The van der Waals surface area contributed by atoms with Crippen LogP contribution in [0.15, 0.2) is 18.3 Å². The first kappa shape index (κ1) is 12.9. The van der Waals surface area contributed by atoms with Gasteiger partial charge in [0.2, 0.25) is 0 Å². The molecule has 0 radical (unpaired) electrons. The minimum absolute atomic E-state index is 0.0138. The molecule has 0 saturated carbocycles. The van der Waals surface area contributed by atoms with E-state index in [4.69, 9.17) is 4.74 Å². The monoisotopic (exact) mass is 248 g/mol. The van der Waals surface area contributed by atoms with E-state index in [1.165, 1.54) is 0 Å². The third-order valence-electron chi connectivity index (χ3n) is 3.32. The predicted octanol–water partition coefficient (Wildman–Crippen LogP) is 2.17. The lowest BCUT2D eigenvalue weighted by molar-refractivity contribution is -0.148. The zero-order chi connectivity index (χ0) is 13.0. The average molecular weight is 248 g/mol. The SMILES string of the molecule is CCOC(=O)C1CCCN(c2ncccc2C)C1. The minimum Gasteiger partial charge on any atom is -0.466 e. The van der Waals surface area contributed by atoms with Crippen LogP contribution >= 0.6 is 0 Å². The smallest absolute Gasteiger partial charge is 0.310 e. The summed E-state index contributed by atoms with van der Waals surface area (Å²) in [6.07, 6.45) is 3.73. The van der Waals surface area contributed by atoms with Gasteiger partial charge in [-0.05, 0) is 38.3 Å². The molecule has 0 spiro atoms. The van der Waals surface area contributed by atoms with Crippen LogP contribution in [0, 0.1) is 12.8 Å². The number of aromatic nitrogens is 1. The van der Waals surface area contributed by atoms with Crippen molar-refractivity contribution in [1.29, 1.82) is 0 Å². The Morgan fingerprint density at radius 3 is 3.17 bits per heavy atom. The number of nitrogens with zero attached hydrogens (tertiary/aromatic N) is 2. The Morgan fingerprint density at radius 1 is 1.61 bits per heavy atom. The number of carbonyl (C=O) groups excluding carboxylic acids is 1. The fraction of sp³-hybridized carbons (Fsp3) is 0.571. The summed E-state index contributed by atoms with van der Waals surface area (Å²) in [5.41, 5.74) is 1.15. The van der Waals surface area contributed by atoms with Gasteiger partial charge in [-0.25, -0.2) is 4.98 Å². The number of aryl methyl sites for hydroxylation is 1. The molecule has 1 fully saturated rings. The lowest BCUT2D eigenvalue weighted by Crippen LogP contribution is -2.40. The predicted molar refractivity (Wildman–Crippen MR) is 70.5 cm³/mol. The topological polar surface area (TPSA) is 42.4 Å². The second-order valence-electron chi connectivity index (χ2n) is 4.68. The molecular formula is C14H20N2O2. The van der Waals surface area contributed by atoms with E-state index in [0.717, 1.165) is 37.3 Å². The zero-order valence-electron chi connectivity index (χ0n) is 11.1. The van der Waals surface area contributed by atoms with Crippen LogP contribution < -0.4 is 4.90 Å². The Labute approximate surface area is 108 Å². The van der Waals surface area contributed by atoms with Crippen LogP contribution in [0.5, 0.6) is 0 Å². The summed E-state index contributed by atoms with van der Waals surface area (Å²) in [5, 5.41) is 0. The van der Waals surface area contributed by atoms with Crippen molar-refractivity contribution in [3.05, 3.63) is 23.9 Å². The number of carbonyl (C=O) groups is 1. The number of anilines is 1.